The van der Waals surface area contributed by atoms with Crippen LogP contribution in [0.2, 0.25) is 0 Å². The molecule has 0 spiro atoms. The number of hydrogen-bond acceptors (Lipinski definition) is 4. The van der Waals surface area contributed by atoms with Crippen molar-refractivity contribution in [3.05, 3.63) is 34.3 Å². The second kappa shape index (κ2) is 6.83. The molecule has 2 rings (SSSR count). The van der Waals surface area contributed by atoms with Crippen molar-refractivity contribution in [3.63, 3.8) is 0 Å². The van der Waals surface area contributed by atoms with Gasteiger partial charge in [0.05, 0.1) is 24.7 Å². The van der Waals surface area contributed by atoms with E-state index in [1.807, 2.05) is 24.3 Å². The van der Waals surface area contributed by atoms with E-state index in [1.165, 1.54) is 0 Å². The minimum atomic E-state index is -2.79. The van der Waals surface area contributed by atoms with Gasteiger partial charge in [0.15, 0.2) is 9.84 Å². The maximum Gasteiger partial charge on any atom is 0.151 e. The molecule has 1 N–H and O–H groups in total. The minimum absolute atomic E-state index is 0.0967. The Bertz CT molecular complexity index is 518. The molecule has 0 aromatic heterocycles. The van der Waals surface area contributed by atoms with Crippen LogP contribution in [-0.4, -0.2) is 39.1 Å². The largest absolute Gasteiger partial charge is 0.375 e. The van der Waals surface area contributed by atoms with Gasteiger partial charge in [-0.3, -0.25) is 0 Å². The van der Waals surface area contributed by atoms with Crippen molar-refractivity contribution in [2.24, 2.45) is 0 Å². The van der Waals surface area contributed by atoms with E-state index >= 15 is 0 Å². The van der Waals surface area contributed by atoms with Crippen LogP contribution in [-0.2, 0) is 21.2 Å². The zero-order valence-corrected chi connectivity index (χ0v) is 13.0. The highest BCUT2D eigenvalue weighted by molar-refractivity contribution is 9.10. The number of halogens is 1. The molecule has 0 aliphatic carbocycles. The molecule has 1 saturated heterocycles. The summed E-state index contributed by atoms with van der Waals surface area (Å²) in [4.78, 5) is 0. The fourth-order valence-electron chi connectivity index (χ4n) is 2.11. The molecule has 0 bridgehead atoms. The van der Waals surface area contributed by atoms with Crippen LogP contribution in [0.4, 0.5) is 0 Å². The van der Waals surface area contributed by atoms with E-state index in [4.69, 9.17) is 4.74 Å². The molecule has 1 aromatic carbocycles. The molecule has 0 radical (unpaired) electrons. The molecule has 1 aromatic rings. The maximum atomic E-state index is 11.3. The number of ether oxygens (including phenoxy) is 1. The quantitative estimate of drug-likeness (QED) is 0.796. The van der Waals surface area contributed by atoms with Crippen LogP contribution in [0, 0.1) is 0 Å². The van der Waals surface area contributed by atoms with Crippen molar-refractivity contribution in [2.45, 2.75) is 19.1 Å². The van der Waals surface area contributed by atoms with E-state index in [0.29, 0.717) is 31.9 Å². The number of nitrogens with one attached hydrogen (secondary N) is 1. The van der Waals surface area contributed by atoms with Crippen LogP contribution >= 0.6 is 15.9 Å². The number of benzene rings is 1. The zero-order valence-electron chi connectivity index (χ0n) is 10.6. The van der Waals surface area contributed by atoms with Gasteiger partial charge in [-0.15, -0.1) is 0 Å². The summed E-state index contributed by atoms with van der Waals surface area (Å²) in [7, 11) is -2.79. The first-order valence-corrected chi connectivity index (χ1v) is 8.93. The van der Waals surface area contributed by atoms with Gasteiger partial charge in [-0.25, -0.2) is 8.42 Å². The first-order valence-electron chi connectivity index (χ1n) is 6.31. The van der Waals surface area contributed by atoms with Crippen LogP contribution in [0.1, 0.15) is 12.0 Å². The molecule has 1 unspecified atom stereocenters. The van der Waals surface area contributed by atoms with Crippen LogP contribution in [0.15, 0.2) is 28.7 Å². The highest BCUT2D eigenvalue weighted by Gasteiger charge is 2.26. The Hall–Kier alpha value is -0.430. The lowest BCUT2D eigenvalue weighted by Gasteiger charge is -2.10. The number of sulfone groups is 1. The van der Waals surface area contributed by atoms with Gasteiger partial charge in [-0.2, -0.15) is 0 Å². The molecule has 0 amide bonds. The van der Waals surface area contributed by atoms with E-state index in [1.54, 1.807) is 0 Å². The molecule has 1 heterocycles. The second-order valence-corrected chi connectivity index (χ2v) is 7.88. The summed E-state index contributed by atoms with van der Waals surface area (Å²) in [6.07, 6.45) is 0.716. The molecule has 1 fully saturated rings. The van der Waals surface area contributed by atoms with Crippen LogP contribution in [0.5, 0.6) is 0 Å². The standard InChI is InChI=1S/C13H18BrNO3S/c14-12-3-1-2-11(8-12)9-18-6-5-15-13-4-7-19(16,17)10-13/h1-3,8,13,15H,4-7,9-10H2. The molecule has 6 heteroatoms. The SMILES string of the molecule is O=S1(=O)CCC(NCCOCc2cccc(Br)c2)C1. The van der Waals surface area contributed by atoms with Gasteiger partial charge in [-0.05, 0) is 24.1 Å². The second-order valence-electron chi connectivity index (χ2n) is 4.74. The van der Waals surface area contributed by atoms with Gasteiger partial charge in [0, 0.05) is 17.1 Å². The van der Waals surface area contributed by atoms with E-state index in [9.17, 15) is 8.42 Å². The first kappa shape index (κ1) is 15.0. The summed E-state index contributed by atoms with van der Waals surface area (Å²) < 4.78 is 29.1. The summed E-state index contributed by atoms with van der Waals surface area (Å²) in [5.41, 5.74) is 1.12. The molecule has 1 aliphatic rings. The lowest BCUT2D eigenvalue weighted by molar-refractivity contribution is 0.121. The summed E-state index contributed by atoms with van der Waals surface area (Å²) in [5.74, 6) is 0.572. The third kappa shape index (κ3) is 5.22. The van der Waals surface area contributed by atoms with Crippen molar-refractivity contribution in [1.29, 1.82) is 0 Å². The van der Waals surface area contributed by atoms with Crippen molar-refractivity contribution in [3.8, 4) is 0 Å². The van der Waals surface area contributed by atoms with Gasteiger partial charge in [0.25, 0.3) is 0 Å². The van der Waals surface area contributed by atoms with Crippen molar-refractivity contribution in [2.75, 3.05) is 24.7 Å². The van der Waals surface area contributed by atoms with E-state index in [0.717, 1.165) is 10.0 Å². The molecular weight excluding hydrogens is 330 g/mol. The Labute approximate surface area is 122 Å². The highest BCUT2D eigenvalue weighted by Crippen LogP contribution is 2.12. The van der Waals surface area contributed by atoms with Gasteiger partial charge in [0.1, 0.15) is 0 Å². The molecule has 1 atom stereocenters. The highest BCUT2D eigenvalue weighted by atomic mass is 79.9. The van der Waals surface area contributed by atoms with E-state index < -0.39 is 9.84 Å². The van der Waals surface area contributed by atoms with Crippen molar-refractivity contribution in [1.82, 2.24) is 5.32 Å². The smallest absolute Gasteiger partial charge is 0.151 e. The minimum Gasteiger partial charge on any atom is -0.375 e. The predicted molar refractivity (Wildman–Crippen MR) is 78.9 cm³/mol. The van der Waals surface area contributed by atoms with Crippen LogP contribution in [0.3, 0.4) is 0 Å². The summed E-state index contributed by atoms with van der Waals surface area (Å²) in [5, 5.41) is 3.22. The van der Waals surface area contributed by atoms with Gasteiger partial charge in [0.2, 0.25) is 0 Å². The number of rotatable bonds is 6. The van der Waals surface area contributed by atoms with Crippen molar-refractivity contribution < 1.29 is 13.2 Å². The van der Waals surface area contributed by atoms with E-state index in [-0.39, 0.29) is 11.8 Å². The Kier molecular flexibility index (Phi) is 5.38. The topological polar surface area (TPSA) is 55.4 Å². The van der Waals surface area contributed by atoms with Crippen LogP contribution < -0.4 is 5.32 Å². The molecular formula is C13H18BrNO3S. The Morgan fingerprint density at radius 3 is 2.95 bits per heavy atom. The molecule has 19 heavy (non-hydrogen) atoms. The Balaban J connectivity index is 1.60. The fourth-order valence-corrected chi connectivity index (χ4v) is 4.26. The lowest BCUT2D eigenvalue weighted by Crippen LogP contribution is -2.32. The first-order chi connectivity index (χ1) is 9.05. The van der Waals surface area contributed by atoms with E-state index in [2.05, 4.69) is 21.2 Å². The lowest BCUT2D eigenvalue weighted by atomic mass is 10.2. The van der Waals surface area contributed by atoms with Gasteiger partial charge < -0.3 is 10.1 Å². The summed E-state index contributed by atoms with van der Waals surface area (Å²) in [6.45, 7) is 1.85. The van der Waals surface area contributed by atoms with Crippen molar-refractivity contribution >= 4 is 25.8 Å². The maximum absolute atomic E-state index is 11.3. The third-order valence-electron chi connectivity index (χ3n) is 3.07. The molecule has 4 nitrogen and oxygen atoms in total. The Morgan fingerprint density at radius 2 is 2.26 bits per heavy atom. The monoisotopic (exact) mass is 347 g/mol. The van der Waals surface area contributed by atoms with Gasteiger partial charge >= 0.3 is 0 Å². The summed E-state index contributed by atoms with van der Waals surface area (Å²) in [6, 6.07) is 8.09. The zero-order chi connectivity index (χ0) is 13.7. The Morgan fingerprint density at radius 1 is 1.42 bits per heavy atom. The molecule has 106 valence electrons. The molecule has 1 aliphatic heterocycles. The predicted octanol–water partition coefficient (Wildman–Crippen LogP) is 1.74. The summed E-state index contributed by atoms with van der Waals surface area (Å²) >= 11 is 3.42. The average molecular weight is 348 g/mol. The number of hydrogen-bond donors (Lipinski definition) is 1. The van der Waals surface area contributed by atoms with Gasteiger partial charge in [-0.1, -0.05) is 28.1 Å². The normalized spacial score (nSPS) is 21.6. The third-order valence-corrected chi connectivity index (χ3v) is 5.33. The fraction of sp³-hybridized carbons (Fsp3) is 0.538. The average Bonchev–Trinajstić information content (AvgIpc) is 2.69. The van der Waals surface area contributed by atoms with Crippen LogP contribution in [0.25, 0.3) is 0 Å². The molecule has 0 saturated carbocycles.